The van der Waals surface area contributed by atoms with Crippen molar-refractivity contribution in [3.63, 3.8) is 0 Å². The normalized spacial score (nSPS) is 14.1. The molecule has 0 aliphatic heterocycles. The van der Waals surface area contributed by atoms with Crippen LogP contribution in [0.2, 0.25) is 0 Å². The van der Waals surface area contributed by atoms with E-state index in [1.54, 1.807) is 0 Å². The number of rotatable bonds is 11. The minimum absolute atomic E-state index is 0.0171. The van der Waals surface area contributed by atoms with E-state index < -0.39 is 18.4 Å². The average molecular weight is 282 g/mol. The van der Waals surface area contributed by atoms with Gasteiger partial charge in [0.15, 0.2) is 0 Å². The van der Waals surface area contributed by atoms with Crippen molar-refractivity contribution in [3.8, 4) is 0 Å². The van der Waals surface area contributed by atoms with Crippen LogP contribution >= 0.6 is 0 Å². The summed E-state index contributed by atoms with van der Waals surface area (Å²) in [6.07, 6.45) is -2.30. The van der Waals surface area contributed by atoms with Crippen molar-refractivity contribution in [2.75, 3.05) is 39.3 Å². The maximum Gasteiger partial charge on any atom is 0.407 e. The van der Waals surface area contributed by atoms with Crippen LogP contribution in [0.1, 0.15) is 12.8 Å². The molecule has 0 aliphatic carbocycles. The first-order valence-corrected chi connectivity index (χ1v) is 6.38. The van der Waals surface area contributed by atoms with Gasteiger partial charge in [0.2, 0.25) is 0 Å². The van der Waals surface area contributed by atoms with Crippen LogP contribution in [-0.2, 0) is 0 Å². The summed E-state index contributed by atoms with van der Waals surface area (Å²) in [5.41, 5.74) is 10.2. The van der Waals surface area contributed by atoms with E-state index >= 15 is 0 Å². The minimum atomic E-state index is -1.34. The van der Waals surface area contributed by atoms with Crippen molar-refractivity contribution in [1.82, 2.24) is 10.2 Å². The highest BCUT2D eigenvalue weighted by molar-refractivity contribution is 5.64. The zero-order chi connectivity index (χ0) is 14.7. The summed E-state index contributed by atoms with van der Waals surface area (Å²) in [6.45, 7) is 0.591. The van der Waals surface area contributed by atoms with Gasteiger partial charge in [0.1, 0.15) is 12.3 Å². The molecule has 6 N–H and O–H groups in total. The molecule has 0 fully saturated rings. The van der Waals surface area contributed by atoms with E-state index in [1.165, 1.54) is 0 Å². The van der Waals surface area contributed by atoms with Crippen LogP contribution in [0, 0.1) is 0 Å². The smallest absolute Gasteiger partial charge is 0.407 e. The fraction of sp³-hybridized carbons (Fsp3) is 0.909. The van der Waals surface area contributed by atoms with Gasteiger partial charge in [0.25, 0.3) is 0 Å². The van der Waals surface area contributed by atoms with Crippen molar-refractivity contribution in [3.05, 3.63) is 0 Å². The molecule has 1 amide bonds. The molecular formula is C11H24F2N4O2. The van der Waals surface area contributed by atoms with Crippen LogP contribution in [0.5, 0.6) is 0 Å². The van der Waals surface area contributed by atoms with Gasteiger partial charge in [-0.2, -0.15) is 0 Å². The molecule has 6 nitrogen and oxygen atoms in total. The van der Waals surface area contributed by atoms with Crippen molar-refractivity contribution < 1.29 is 18.7 Å². The van der Waals surface area contributed by atoms with Crippen LogP contribution in [0.3, 0.4) is 0 Å². The molecule has 0 rings (SSSR count). The number of nitrogens with one attached hydrogen (secondary N) is 1. The molecule has 19 heavy (non-hydrogen) atoms. The number of nitrogens with zero attached hydrogens (tertiary/aromatic N) is 1. The standard InChI is InChI=1S/C11H24F2N4O2/c12-9(5-14)7-16-3-1-2-4-17(11(18)19)8-10(13)6-15/h9-10,16H,1-8,14-15H2,(H,18,19). The third-order valence-corrected chi connectivity index (χ3v) is 2.60. The predicted octanol–water partition coefficient (Wildman–Crippen LogP) is -0.0702. The number of hydrogen-bond acceptors (Lipinski definition) is 4. The number of alkyl halides is 2. The Morgan fingerprint density at radius 1 is 1.21 bits per heavy atom. The predicted molar refractivity (Wildman–Crippen MR) is 69.6 cm³/mol. The van der Waals surface area contributed by atoms with Crippen LogP contribution in [0.15, 0.2) is 0 Å². The molecule has 0 heterocycles. The van der Waals surface area contributed by atoms with Crippen molar-refractivity contribution in [1.29, 1.82) is 0 Å². The molecular weight excluding hydrogens is 258 g/mol. The molecule has 8 heteroatoms. The Bertz CT molecular complexity index is 247. The Morgan fingerprint density at radius 2 is 1.84 bits per heavy atom. The van der Waals surface area contributed by atoms with Crippen molar-refractivity contribution in [2.24, 2.45) is 11.5 Å². The molecule has 0 saturated carbocycles. The SMILES string of the molecule is NCC(F)CNCCCCN(CC(F)CN)C(=O)O. The molecule has 114 valence electrons. The molecule has 2 unspecified atom stereocenters. The summed E-state index contributed by atoms with van der Waals surface area (Å²) >= 11 is 0. The minimum Gasteiger partial charge on any atom is -0.465 e. The summed E-state index contributed by atoms with van der Waals surface area (Å²) < 4.78 is 25.7. The van der Waals surface area contributed by atoms with E-state index in [0.717, 1.165) is 4.90 Å². The summed E-state index contributed by atoms with van der Waals surface area (Å²) in [4.78, 5) is 11.8. The number of halogens is 2. The lowest BCUT2D eigenvalue weighted by molar-refractivity contribution is 0.129. The van der Waals surface area contributed by atoms with E-state index in [1.807, 2.05) is 0 Å². The highest BCUT2D eigenvalue weighted by atomic mass is 19.1. The molecule has 0 aromatic heterocycles. The molecule has 0 radical (unpaired) electrons. The van der Waals surface area contributed by atoms with Gasteiger partial charge in [0.05, 0.1) is 6.54 Å². The van der Waals surface area contributed by atoms with E-state index in [-0.39, 0.29) is 32.7 Å². The van der Waals surface area contributed by atoms with Crippen molar-refractivity contribution >= 4 is 6.09 Å². The second-order valence-electron chi connectivity index (χ2n) is 4.31. The molecule has 0 aromatic carbocycles. The maximum absolute atomic E-state index is 13.0. The summed E-state index contributed by atoms with van der Waals surface area (Å²) in [5.74, 6) is 0. The summed E-state index contributed by atoms with van der Waals surface area (Å²) in [5, 5.41) is 11.7. The second kappa shape index (κ2) is 10.9. The Hall–Kier alpha value is -0.990. The molecule has 0 bridgehead atoms. The van der Waals surface area contributed by atoms with Gasteiger partial charge in [-0.15, -0.1) is 0 Å². The van der Waals surface area contributed by atoms with Crippen molar-refractivity contribution in [2.45, 2.75) is 25.2 Å². The van der Waals surface area contributed by atoms with Gasteiger partial charge >= 0.3 is 6.09 Å². The topological polar surface area (TPSA) is 105 Å². The summed E-state index contributed by atoms with van der Waals surface area (Å²) in [7, 11) is 0. The number of carboxylic acid groups (broad SMARTS) is 1. The van der Waals surface area contributed by atoms with Gasteiger partial charge in [-0.25, -0.2) is 13.6 Å². The quantitative estimate of drug-likeness (QED) is 0.397. The van der Waals surface area contributed by atoms with E-state index in [9.17, 15) is 13.6 Å². The Balaban J connectivity index is 3.67. The lowest BCUT2D eigenvalue weighted by atomic mass is 10.2. The fourth-order valence-corrected chi connectivity index (χ4v) is 1.47. The largest absolute Gasteiger partial charge is 0.465 e. The maximum atomic E-state index is 13.0. The number of amides is 1. The van der Waals surface area contributed by atoms with Gasteiger partial charge in [-0.1, -0.05) is 0 Å². The molecule has 0 spiro atoms. The van der Waals surface area contributed by atoms with Crippen LogP contribution in [0.4, 0.5) is 13.6 Å². The molecule has 0 aliphatic rings. The Labute approximate surface area is 112 Å². The number of hydrogen-bond donors (Lipinski definition) is 4. The first-order chi connectivity index (χ1) is 9.01. The summed E-state index contributed by atoms with van der Waals surface area (Å²) in [6, 6.07) is 0. The van der Waals surface area contributed by atoms with Gasteiger partial charge < -0.3 is 26.8 Å². The third-order valence-electron chi connectivity index (χ3n) is 2.60. The van der Waals surface area contributed by atoms with Crippen LogP contribution < -0.4 is 16.8 Å². The number of unbranched alkanes of at least 4 members (excludes halogenated alkanes) is 1. The molecule has 0 aromatic rings. The average Bonchev–Trinajstić information content (AvgIpc) is 2.40. The second-order valence-corrected chi connectivity index (χ2v) is 4.31. The number of nitrogens with two attached hydrogens (primary N) is 2. The molecule has 0 saturated heterocycles. The molecule has 2 atom stereocenters. The lowest BCUT2D eigenvalue weighted by Gasteiger charge is -2.20. The Kier molecular flexibility index (Phi) is 10.3. The van der Waals surface area contributed by atoms with E-state index in [4.69, 9.17) is 16.6 Å². The lowest BCUT2D eigenvalue weighted by Crippen LogP contribution is -2.38. The first kappa shape index (κ1) is 18.0. The van der Waals surface area contributed by atoms with E-state index in [2.05, 4.69) is 5.32 Å². The van der Waals surface area contributed by atoms with E-state index in [0.29, 0.717) is 19.4 Å². The van der Waals surface area contributed by atoms with Gasteiger partial charge in [-0.3, -0.25) is 0 Å². The third kappa shape index (κ3) is 9.57. The van der Waals surface area contributed by atoms with Gasteiger partial charge in [-0.05, 0) is 19.4 Å². The highest BCUT2D eigenvalue weighted by Gasteiger charge is 2.16. The zero-order valence-corrected chi connectivity index (χ0v) is 11.0. The van der Waals surface area contributed by atoms with Crippen LogP contribution in [0.25, 0.3) is 0 Å². The first-order valence-electron chi connectivity index (χ1n) is 6.38. The number of carbonyl (C=O) groups is 1. The highest BCUT2D eigenvalue weighted by Crippen LogP contribution is 2.00. The fourth-order valence-electron chi connectivity index (χ4n) is 1.47. The van der Waals surface area contributed by atoms with Crippen LogP contribution in [-0.4, -0.2) is 67.7 Å². The monoisotopic (exact) mass is 282 g/mol. The zero-order valence-electron chi connectivity index (χ0n) is 11.0. The van der Waals surface area contributed by atoms with Gasteiger partial charge in [0, 0.05) is 26.2 Å². The Morgan fingerprint density at radius 3 is 2.37 bits per heavy atom.